The van der Waals surface area contributed by atoms with Crippen LogP contribution in [0.15, 0.2) is 12.1 Å². The molecule has 1 saturated heterocycles. The molecule has 2 nitrogen and oxygen atoms in total. The lowest BCUT2D eigenvalue weighted by Gasteiger charge is -2.29. The minimum Gasteiger partial charge on any atom is -0.352 e. The number of aryl methyl sites for hydroxylation is 1. The molecule has 1 aliphatic carbocycles. The van der Waals surface area contributed by atoms with Gasteiger partial charge in [0.15, 0.2) is 6.29 Å². The number of hydrogen-bond acceptors (Lipinski definition) is 2. The fraction of sp³-hybridized carbons (Fsp3) is 0.680. The molecule has 1 aliphatic heterocycles. The molecule has 0 atom stereocenters. The van der Waals surface area contributed by atoms with Gasteiger partial charge in [0, 0.05) is 18.3 Å². The Morgan fingerprint density at radius 2 is 1.59 bits per heavy atom. The predicted octanol–water partition coefficient (Wildman–Crippen LogP) is 6.25. The average Bonchev–Trinajstić information content (AvgIpc) is 2.73. The number of benzene rings is 1. The van der Waals surface area contributed by atoms with Crippen LogP contribution in [-0.4, -0.2) is 19.5 Å². The zero-order chi connectivity index (χ0) is 20.6. The Hall–Kier alpha value is -1.44. The van der Waals surface area contributed by atoms with Gasteiger partial charge in [0.2, 0.25) is 0 Å². The minimum absolute atomic E-state index is 0.0982. The lowest BCUT2D eigenvalue weighted by molar-refractivity contribution is -0.203. The van der Waals surface area contributed by atoms with Crippen molar-refractivity contribution >= 4 is 0 Å². The maximum absolute atomic E-state index is 14.5. The Kier molecular flexibility index (Phi) is 8.51. The highest BCUT2D eigenvalue weighted by molar-refractivity contribution is 5.39. The Labute approximate surface area is 174 Å². The summed E-state index contributed by atoms with van der Waals surface area (Å²) < 4.78 is 40.4. The normalized spacial score (nSPS) is 27.3. The van der Waals surface area contributed by atoms with Crippen molar-refractivity contribution in [2.24, 2.45) is 17.8 Å². The van der Waals surface area contributed by atoms with E-state index in [1.807, 2.05) is 0 Å². The second-order valence-corrected chi connectivity index (χ2v) is 8.62. The molecular formula is C25H34F2O2. The van der Waals surface area contributed by atoms with Crippen LogP contribution in [-0.2, 0) is 15.9 Å². The maximum atomic E-state index is 14.5. The van der Waals surface area contributed by atoms with E-state index in [4.69, 9.17) is 9.47 Å². The summed E-state index contributed by atoms with van der Waals surface area (Å²) in [6.45, 7) is 5.78. The van der Waals surface area contributed by atoms with Gasteiger partial charge in [-0.3, -0.25) is 0 Å². The number of ether oxygens (including phenoxy) is 2. The summed E-state index contributed by atoms with van der Waals surface area (Å²) in [6.07, 6.45) is 8.68. The van der Waals surface area contributed by atoms with Crippen LogP contribution >= 0.6 is 0 Å². The number of halogens is 2. The zero-order valence-electron chi connectivity index (χ0n) is 17.8. The molecule has 2 aliphatic rings. The van der Waals surface area contributed by atoms with Crippen molar-refractivity contribution in [2.45, 2.75) is 77.9 Å². The van der Waals surface area contributed by atoms with Crippen molar-refractivity contribution in [3.63, 3.8) is 0 Å². The molecule has 1 saturated carbocycles. The smallest absolute Gasteiger partial charge is 0.157 e. The van der Waals surface area contributed by atoms with Crippen LogP contribution in [0.1, 0.15) is 76.3 Å². The quantitative estimate of drug-likeness (QED) is 0.521. The van der Waals surface area contributed by atoms with Crippen LogP contribution in [0, 0.1) is 41.2 Å². The lowest BCUT2D eigenvalue weighted by atomic mass is 9.81. The van der Waals surface area contributed by atoms with Gasteiger partial charge in [0.05, 0.1) is 18.8 Å². The lowest BCUT2D eigenvalue weighted by Crippen LogP contribution is -2.32. The monoisotopic (exact) mass is 404 g/mol. The first-order chi connectivity index (χ1) is 14.1. The Morgan fingerprint density at radius 1 is 0.931 bits per heavy atom. The van der Waals surface area contributed by atoms with Crippen LogP contribution in [0.4, 0.5) is 8.78 Å². The second kappa shape index (κ2) is 11.1. The van der Waals surface area contributed by atoms with Crippen molar-refractivity contribution in [1.82, 2.24) is 0 Å². The SMILES string of the molecule is CCC[C@H]1CO[C@H](CCc2cc(F)c(C#CC3CCC(CC)CC3)c(F)c2)OC1. The molecule has 1 aromatic rings. The van der Waals surface area contributed by atoms with Gasteiger partial charge in [0.1, 0.15) is 11.6 Å². The minimum atomic E-state index is -0.566. The van der Waals surface area contributed by atoms with E-state index < -0.39 is 11.6 Å². The maximum Gasteiger partial charge on any atom is 0.157 e. The van der Waals surface area contributed by atoms with Crippen LogP contribution in [0.2, 0.25) is 0 Å². The van der Waals surface area contributed by atoms with Crippen molar-refractivity contribution in [3.8, 4) is 11.8 Å². The topological polar surface area (TPSA) is 18.5 Å². The van der Waals surface area contributed by atoms with Crippen LogP contribution in [0.3, 0.4) is 0 Å². The molecule has 4 heteroatoms. The first-order valence-electron chi connectivity index (χ1n) is 11.3. The van der Waals surface area contributed by atoms with Crippen molar-refractivity contribution in [3.05, 3.63) is 34.9 Å². The molecule has 0 bridgehead atoms. The van der Waals surface area contributed by atoms with Gasteiger partial charge in [-0.1, -0.05) is 38.5 Å². The average molecular weight is 405 g/mol. The van der Waals surface area contributed by atoms with Gasteiger partial charge in [-0.25, -0.2) is 8.78 Å². The third kappa shape index (κ3) is 6.52. The fourth-order valence-corrected chi connectivity index (χ4v) is 4.39. The van der Waals surface area contributed by atoms with Gasteiger partial charge in [-0.2, -0.15) is 0 Å². The molecule has 1 aromatic carbocycles. The Bertz CT molecular complexity index is 682. The molecule has 0 amide bonds. The molecule has 0 spiro atoms. The van der Waals surface area contributed by atoms with Gasteiger partial charge in [-0.15, -0.1) is 0 Å². The molecule has 0 N–H and O–H groups in total. The summed E-state index contributed by atoms with van der Waals surface area (Å²) in [5, 5.41) is 0. The molecule has 0 aromatic heterocycles. The van der Waals surface area contributed by atoms with Crippen molar-refractivity contribution in [2.75, 3.05) is 13.2 Å². The van der Waals surface area contributed by atoms with E-state index in [0.29, 0.717) is 37.5 Å². The second-order valence-electron chi connectivity index (χ2n) is 8.62. The summed E-state index contributed by atoms with van der Waals surface area (Å²) in [6, 6.07) is 2.81. The third-order valence-corrected chi connectivity index (χ3v) is 6.33. The Morgan fingerprint density at radius 3 is 2.17 bits per heavy atom. The van der Waals surface area contributed by atoms with Crippen LogP contribution in [0.25, 0.3) is 0 Å². The van der Waals surface area contributed by atoms with Gasteiger partial charge in [0.25, 0.3) is 0 Å². The van der Waals surface area contributed by atoms with Gasteiger partial charge < -0.3 is 9.47 Å². The van der Waals surface area contributed by atoms with Crippen LogP contribution < -0.4 is 0 Å². The van der Waals surface area contributed by atoms with Crippen molar-refractivity contribution in [1.29, 1.82) is 0 Å². The summed E-state index contributed by atoms with van der Waals surface area (Å²) in [5.41, 5.74) is 0.524. The highest BCUT2D eigenvalue weighted by Gasteiger charge is 2.22. The summed E-state index contributed by atoms with van der Waals surface area (Å²) in [7, 11) is 0. The van der Waals surface area contributed by atoms with E-state index in [1.165, 1.54) is 31.4 Å². The van der Waals surface area contributed by atoms with E-state index in [1.54, 1.807) is 0 Å². The first-order valence-corrected chi connectivity index (χ1v) is 11.3. The number of hydrogen-bond donors (Lipinski definition) is 0. The van der Waals surface area contributed by atoms with E-state index in [9.17, 15) is 8.78 Å². The summed E-state index contributed by atoms with van der Waals surface area (Å²) >= 11 is 0. The zero-order valence-corrected chi connectivity index (χ0v) is 17.8. The first kappa shape index (κ1) is 22.2. The van der Waals surface area contributed by atoms with E-state index >= 15 is 0 Å². The summed E-state index contributed by atoms with van der Waals surface area (Å²) in [5.74, 6) is 6.27. The standard InChI is InChI=1S/C25H34F2O2/c1-3-5-21-16-28-25(29-17-21)13-11-20-14-23(26)22(24(27)15-20)12-10-19-8-6-18(4-2)7-9-19/h14-15,18-19,21,25H,3-9,11,13,16-17H2,1-2H3/t18?,19?,21-,25-. The van der Waals surface area contributed by atoms with E-state index in [2.05, 4.69) is 25.7 Å². The molecular weight excluding hydrogens is 370 g/mol. The third-order valence-electron chi connectivity index (χ3n) is 6.33. The largest absolute Gasteiger partial charge is 0.352 e. The van der Waals surface area contributed by atoms with Crippen LogP contribution in [0.5, 0.6) is 0 Å². The molecule has 3 rings (SSSR count). The van der Waals surface area contributed by atoms with Crippen molar-refractivity contribution < 1.29 is 18.3 Å². The van der Waals surface area contributed by atoms with Gasteiger partial charge >= 0.3 is 0 Å². The van der Waals surface area contributed by atoms with E-state index in [-0.39, 0.29) is 17.8 Å². The highest BCUT2D eigenvalue weighted by Crippen LogP contribution is 2.30. The summed E-state index contributed by atoms with van der Waals surface area (Å²) in [4.78, 5) is 0. The number of rotatable bonds is 6. The molecule has 0 radical (unpaired) electrons. The molecule has 2 fully saturated rings. The van der Waals surface area contributed by atoms with Gasteiger partial charge in [-0.05, 0) is 62.1 Å². The van der Waals surface area contributed by atoms with E-state index in [0.717, 1.165) is 31.6 Å². The molecule has 29 heavy (non-hydrogen) atoms. The predicted molar refractivity (Wildman–Crippen MR) is 111 cm³/mol. The molecule has 160 valence electrons. The fourth-order valence-electron chi connectivity index (χ4n) is 4.39. The molecule has 0 unspecified atom stereocenters. The highest BCUT2D eigenvalue weighted by atomic mass is 19.1. The Balaban J connectivity index is 1.53. The molecule has 1 heterocycles.